The summed E-state index contributed by atoms with van der Waals surface area (Å²) in [7, 11) is 3.32. The van der Waals surface area contributed by atoms with Crippen LogP contribution in [0, 0.1) is 0 Å². The molecule has 0 amide bonds. The average molecular weight is 251 g/mol. The molecule has 1 aromatic carbocycles. The van der Waals surface area contributed by atoms with Crippen LogP contribution in [0.2, 0.25) is 0 Å². The summed E-state index contributed by atoms with van der Waals surface area (Å²) >= 11 is 0. The Balaban J connectivity index is 1.92. The molecule has 1 aromatic rings. The molecule has 1 unspecified atom stereocenters. The van der Waals surface area contributed by atoms with Crippen molar-refractivity contribution in [1.82, 2.24) is 5.32 Å². The van der Waals surface area contributed by atoms with E-state index in [1.165, 1.54) is 5.56 Å². The Hall–Kier alpha value is -1.26. The van der Waals surface area contributed by atoms with Gasteiger partial charge in [0.25, 0.3) is 0 Å². The monoisotopic (exact) mass is 251 g/mol. The zero-order valence-electron chi connectivity index (χ0n) is 11.1. The van der Waals surface area contributed by atoms with Crippen LogP contribution in [0.1, 0.15) is 12.0 Å². The fraction of sp³-hybridized carbons (Fsp3) is 0.571. The van der Waals surface area contributed by atoms with Crippen molar-refractivity contribution in [3.05, 3.63) is 23.8 Å². The number of methoxy groups -OCH3 is 2. The van der Waals surface area contributed by atoms with Crippen LogP contribution in [0.5, 0.6) is 11.5 Å². The molecule has 4 nitrogen and oxygen atoms in total. The van der Waals surface area contributed by atoms with E-state index < -0.39 is 0 Å². The van der Waals surface area contributed by atoms with Gasteiger partial charge in [-0.2, -0.15) is 0 Å². The van der Waals surface area contributed by atoms with Gasteiger partial charge < -0.3 is 19.5 Å². The average Bonchev–Trinajstić information content (AvgIpc) is 2.45. The third-order valence-electron chi connectivity index (χ3n) is 3.23. The van der Waals surface area contributed by atoms with Gasteiger partial charge >= 0.3 is 0 Å². The van der Waals surface area contributed by atoms with Gasteiger partial charge in [-0.3, -0.25) is 0 Å². The fourth-order valence-electron chi connectivity index (χ4n) is 2.18. The molecule has 1 aliphatic rings. The third-order valence-corrected chi connectivity index (χ3v) is 3.23. The van der Waals surface area contributed by atoms with Crippen LogP contribution in [0.15, 0.2) is 18.2 Å². The Bertz CT molecular complexity index is 375. The minimum Gasteiger partial charge on any atom is -0.493 e. The van der Waals surface area contributed by atoms with Crippen molar-refractivity contribution in [2.45, 2.75) is 18.9 Å². The molecule has 2 rings (SSSR count). The summed E-state index contributed by atoms with van der Waals surface area (Å²) in [6.07, 6.45) is 2.09. The summed E-state index contributed by atoms with van der Waals surface area (Å²) in [5, 5.41) is 3.46. The highest BCUT2D eigenvalue weighted by Gasteiger charge is 2.13. The normalized spacial score (nSPS) is 19.6. The maximum absolute atomic E-state index is 5.44. The summed E-state index contributed by atoms with van der Waals surface area (Å²) in [6.45, 7) is 2.59. The summed E-state index contributed by atoms with van der Waals surface area (Å²) in [5.41, 5.74) is 1.26. The van der Waals surface area contributed by atoms with Crippen LogP contribution in [0.3, 0.4) is 0 Å². The first-order valence-corrected chi connectivity index (χ1v) is 6.35. The van der Waals surface area contributed by atoms with Crippen LogP contribution in [-0.4, -0.2) is 40.0 Å². The van der Waals surface area contributed by atoms with Crippen LogP contribution in [0.25, 0.3) is 0 Å². The second-order valence-corrected chi connectivity index (χ2v) is 4.45. The Morgan fingerprint density at radius 2 is 2.11 bits per heavy atom. The predicted molar refractivity (Wildman–Crippen MR) is 70.5 cm³/mol. The zero-order chi connectivity index (χ0) is 12.8. The number of nitrogens with one attached hydrogen (secondary N) is 1. The Kier molecular flexibility index (Phi) is 4.84. The van der Waals surface area contributed by atoms with Crippen LogP contribution < -0.4 is 14.8 Å². The Morgan fingerprint density at radius 3 is 2.78 bits per heavy atom. The molecule has 100 valence electrons. The van der Waals surface area contributed by atoms with Gasteiger partial charge in [0.15, 0.2) is 11.5 Å². The molecule has 1 N–H and O–H groups in total. The first kappa shape index (κ1) is 13.2. The van der Waals surface area contributed by atoms with Crippen LogP contribution in [0.4, 0.5) is 0 Å². The van der Waals surface area contributed by atoms with Crippen LogP contribution >= 0.6 is 0 Å². The quantitative estimate of drug-likeness (QED) is 0.863. The molecule has 1 aliphatic heterocycles. The van der Waals surface area contributed by atoms with Crippen molar-refractivity contribution >= 4 is 0 Å². The van der Waals surface area contributed by atoms with Gasteiger partial charge in [-0.05, 0) is 30.5 Å². The lowest BCUT2D eigenvalue weighted by Crippen LogP contribution is -2.41. The third kappa shape index (κ3) is 3.37. The Labute approximate surface area is 108 Å². The molecule has 1 atom stereocenters. The second-order valence-electron chi connectivity index (χ2n) is 4.45. The Morgan fingerprint density at radius 1 is 1.28 bits per heavy atom. The van der Waals surface area contributed by atoms with Crippen molar-refractivity contribution < 1.29 is 14.2 Å². The van der Waals surface area contributed by atoms with Crippen molar-refractivity contribution in [2.75, 3.05) is 34.0 Å². The highest BCUT2D eigenvalue weighted by molar-refractivity contribution is 5.42. The van der Waals surface area contributed by atoms with Crippen LogP contribution in [-0.2, 0) is 11.2 Å². The first-order valence-electron chi connectivity index (χ1n) is 6.35. The largest absolute Gasteiger partial charge is 0.493 e. The minimum atomic E-state index is 0.465. The molecule has 0 aliphatic carbocycles. The number of hydrogen-bond donors (Lipinski definition) is 1. The second kappa shape index (κ2) is 6.61. The molecule has 0 spiro atoms. The maximum Gasteiger partial charge on any atom is 0.160 e. The molecule has 18 heavy (non-hydrogen) atoms. The molecule has 0 aromatic heterocycles. The van der Waals surface area contributed by atoms with Gasteiger partial charge in [0, 0.05) is 12.6 Å². The summed E-state index contributed by atoms with van der Waals surface area (Å²) in [6, 6.07) is 6.55. The molecular weight excluding hydrogens is 230 g/mol. The first-order chi connectivity index (χ1) is 8.83. The fourth-order valence-corrected chi connectivity index (χ4v) is 2.18. The highest BCUT2D eigenvalue weighted by atomic mass is 16.5. The maximum atomic E-state index is 5.44. The molecule has 0 radical (unpaired) electrons. The van der Waals surface area contributed by atoms with E-state index in [0.717, 1.165) is 44.1 Å². The zero-order valence-corrected chi connectivity index (χ0v) is 11.1. The lowest BCUT2D eigenvalue weighted by Gasteiger charge is -2.23. The summed E-state index contributed by atoms with van der Waals surface area (Å²) in [4.78, 5) is 0. The van der Waals surface area contributed by atoms with E-state index in [1.54, 1.807) is 14.2 Å². The van der Waals surface area contributed by atoms with E-state index in [-0.39, 0.29) is 0 Å². The molecule has 1 saturated heterocycles. The molecule has 1 heterocycles. The number of rotatable bonds is 5. The molecular formula is C14H21NO3. The van der Waals surface area contributed by atoms with Crippen molar-refractivity contribution in [3.63, 3.8) is 0 Å². The van der Waals surface area contributed by atoms with E-state index in [1.807, 2.05) is 12.1 Å². The number of aryl methyl sites for hydroxylation is 1. The van der Waals surface area contributed by atoms with Gasteiger partial charge in [0.1, 0.15) is 0 Å². The number of benzene rings is 1. The molecule has 0 bridgehead atoms. The SMILES string of the molecule is COc1ccc(CCC2COCCN2)cc1OC. The molecule has 1 fully saturated rings. The highest BCUT2D eigenvalue weighted by Crippen LogP contribution is 2.28. The smallest absolute Gasteiger partial charge is 0.160 e. The van der Waals surface area contributed by atoms with E-state index in [2.05, 4.69) is 11.4 Å². The van der Waals surface area contributed by atoms with E-state index in [4.69, 9.17) is 14.2 Å². The van der Waals surface area contributed by atoms with Gasteiger partial charge in [-0.1, -0.05) is 6.07 Å². The van der Waals surface area contributed by atoms with E-state index in [0.29, 0.717) is 6.04 Å². The van der Waals surface area contributed by atoms with Gasteiger partial charge in [0.05, 0.1) is 27.4 Å². The van der Waals surface area contributed by atoms with E-state index >= 15 is 0 Å². The number of hydrogen-bond acceptors (Lipinski definition) is 4. The van der Waals surface area contributed by atoms with Crippen molar-refractivity contribution in [2.24, 2.45) is 0 Å². The van der Waals surface area contributed by atoms with Crippen molar-refractivity contribution in [3.8, 4) is 11.5 Å². The van der Waals surface area contributed by atoms with Gasteiger partial charge in [-0.15, -0.1) is 0 Å². The summed E-state index contributed by atoms with van der Waals surface area (Å²) in [5.74, 6) is 1.57. The lowest BCUT2D eigenvalue weighted by molar-refractivity contribution is 0.0743. The number of morpholine rings is 1. The van der Waals surface area contributed by atoms with Gasteiger partial charge in [0.2, 0.25) is 0 Å². The minimum absolute atomic E-state index is 0.465. The van der Waals surface area contributed by atoms with E-state index in [9.17, 15) is 0 Å². The molecule has 0 saturated carbocycles. The molecule has 4 heteroatoms. The lowest BCUT2D eigenvalue weighted by atomic mass is 10.0. The summed E-state index contributed by atoms with van der Waals surface area (Å²) < 4.78 is 16.0. The number of ether oxygens (including phenoxy) is 3. The van der Waals surface area contributed by atoms with Gasteiger partial charge in [-0.25, -0.2) is 0 Å². The topological polar surface area (TPSA) is 39.7 Å². The van der Waals surface area contributed by atoms with Crippen molar-refractivity contribution in [1.29, 1.82) is 0 Å². The standard InChI is InChI=1S/C14H21NO3/c1-16-13-6-4-11(9-14(13)17-2)3-5-12-10-18-8-7-15-12/h4,6,9,12,15H,3,5,7-8,10H2,1-2H3. The predicted octanol–water partition coefficient (Wildman–Crippen LogP) is 1.62.